The molecule has 6 nitrogen and oxygen atoms in total. The number of amides is 2. The molecule has 0 aliphatic rings. The van der Waals surface area contributed by atoms with Crippen LogP contribution in [-0.2, 0) is 9.47 Å². The van der Waals surface area contributed by atoms with E-state index >= 15 is 0 Å². The summed E-state index contributed by atoms with van der Waals surface area (Å²) in [4.78, 5) is 28.4. The molecule has 0 aromatic carbocycles. The van der Waals surface area contributed by atoms with E-state index in [4.69, 9.17) is 9.47 Å². The molecule has 0 N–H and O–H groups in total. The summed E-state index contributed by atoms with van der Waals surface area (Å²) in [6.45, 7) is 12.8. The van der Waals surface area contributed by atoms with E-state index in [1.54, 1.807) is 14.1 Å². The van der Waals surface area contributed by atoms with Gasteiger partial charge in [0, 0.05) is 24.4 Å². The summed E-state index contributed by atoms with van der Waals surface area (Å²) in [6, 6.07) is 0. The van der Waals surface area contributed by atoms with Crippen molar-refractivity contribution in [3.8, 4) is 0 Å². The zero-order valence-corrected chi connectivity index (χ0v) is 16.8. The lowest BCUT2D eigenvalue weighted by Gasteiger charge is -2.28. The number of rotatable bonds is 2. The molecule has 1 aromatic rings. The minimum Gasteiger partial charge on any atom is -0.443 e. The quantitative estimate of drug-likeness (QED) is 0.764. The van der Waals surface area contributed by atoms with Crippen molar-refractivity contribution in [3.63, 3.8) is 0 Å². The van der Waals surface area contributed by atoms with E-state index in [0.29, 0.717) is 11.4 Å². The lowest BCUT2D eigenvalue weighted by atomic mass is 10.2. The summed E-state index contributed by atoms with van der Waals surface area (Å²) < 4.78 is 10.8. The Morgan fingerprint density at radius 2 is 1.33 bits per heavy atom. The molecule has 0 unspecified atom stereocenters. The zero-order chi connectivity index (χ0) is 18.9. The average molecular weight is 356 g/mol. The van der Waals surface area contributed by atoms with Crippen LogP contribution in [0.2, 0.25) is 0 Å². The average Bonchev–Trinajstić information content (AvgIpc) is 2.74. The van der Waals surface area contributed by atoms with Crippen LogP contribution in [0, 0.1) is 6.92 Å². The first kappa shape index (κ1) is 20.3. The maximum atomic E-state index is 12.4. The number of nitrogens with zero attached hydrogens (tertiary/aromatic N) is 2. The van der Waals surface area contributed by atoms with E-state index in [1.807, 2.05) is 53.8 Å². The number of hydrogen-bond acceptors (Lipinski definition) is 5. The molecule has 0 atom stereocenters. The largest absolute Gasteiger partial charge is 0.443 e. The Kier molecular flexibility index (Phi) is 5.92. The SMILES string of the molecule is Cc1scc(N(C)C(=O)OC(C)(C)C)c1N(C)C(=O)OC(C)(C)C. The highest BCUT2D eigenvalue weighted by molar-refractivity contribution is 7.11. The maximum Gasteiger partial charge on any atom is 0.414 e. The van der Waals surface area contributed by atoms with Crippen molar-refractivity contribution in [2.75, 3.05) is 23.9 Å². The summed E-state index contributed by atoms with van der Waals surface area (Å²) in [5.41, 5.74) is 0.0721. The monoisotopic (exact) mass is 356 g/mol. The lowest BCUT2D eigenvalue weighted by molar-refractivity contribution is 0.0572. The number of ether oxygens (including phenoxy) is 2. The van der Waals surface area contributed by atoms with Crippen LogP contribution in [0.5, 0.6) is 0 Å². The molecule has 0 radical (unpaired) electrons. The molecule has 24 heavy (non-hydrogen) atoms. The van der Waals surface area contributed by atoms with E-state index in [-0.39, 0.29) is 0 Å². The third kappa shape index (κ3) is 5.40. The molecule has 0 aliphatic heterocycles. The van der Waals surface area contributed by atoms with Gasteiger partial charge in [-0.25, -0.2) is 9.59 Å². The van der Waals surface area contributed by atoms with E-state index in [9.17, 15) is 9.59 Å². The van der Waals surface area contributed by atoms with Crippen molar-refractivity contribution in [2.45, 2.75) is 59.7 Å². The molecular formula is C17H28N2O4S. The van der Waals surface area contributed by atoms with Gasteiger partial charge in [-0.15, -0.1) is 11.3 Å². The van der Waals surface area contributed by atoms with Gasteiger partial charge < -0.3 is 9.47 Å². The Morgan fingerprint density at radius 3 is 1.75 bits per heavy atom. The second kappa shape index (κ2) is 7.01. The Bertz CT molecular complexity index is 611. The molecule has 0 aliphatic carbocycles. The molecule has 1 rings (SSSR count). The van der Waals surface area contributed by atoms with Crippen molar-refractivity contribution < 1.29 is 19.1 Å². The second-order valence-corrected chi connectivity index (χ2v) is 8.69. The highest BCUT2D eigenvalue weighted by Crippen LogP contribution is 2.38. The van der Waals surface area contributed by atoms with Gasteiger partial charge in [0.25, 0.3) is 0 Å². The van der Waals surface area contributed by atoms with Crippen LogP contribution < -0.4 is 9.80 Å². The number of anilines is 2. The molecule has 0 bridgehead atoms. The van der Waals surface area contributed by atoms with Crippen LogP contribution in [0.4, 0.5) is 21.0 Å². The zero-order valence-electron chi connectivity index (χ0n) is 16.0. The number of carbonyl (C=O) groups excluding carboxylic acids is 2. The summed E-state index contributed by atoms with van der Waals surface area (Å²) in [7, 11) is 3.26. The van der Waals surface area contributed by atoms with E-state index in [1.165, 1.54) is 21.1 Å². The van der Waals surface area contributed by atoms with Gasteiger partial charge in [0.2, 0.25) is 0 Å². The minimum atomic E-state index is -0.591. The first-order valence-electron chi connectivity index (χ1n) is 7.74. The fourth-order valence-electron chi connectivity index (χ4n) is 1.93. The van der Waals surface area contributed by atoms with Gasteiger partial charge in [-0.2, -0.15) is 0 Å². The Labute approximate surface area is 148 Å². The number of thiophene rings is 1. The summed E-state index contributed by atoms with van der Waals surface area (Å²) in [5.74, 6) is 0. The molecule has 136 valence electrons. The first-order chi connectivity index (χ1) is 10.7. The van der Waals surface area contributed by atoms with Crippen LogP contribution in [0.25, 0.3) is 0 Å². The summed E-state index contributed by atoms with van der Waals surface area (Å²) in [6.07, 6.45) is -0.943. The van der Waals surface area contributed by atoms with Crippen LogP contribution in [0.3, 0.4) is 0 Å². The van der Waals surface area contributed by atoms with Gasteiger partial charge in [0.1, 0.15) is 11.2 Å². The van der Waals surface area contributed by atoms with Crippen molar-refractivity contribution in [1.29, 1.82) is 0 Å². The maximum absolute atomic E-state index is 12.4. The Morgan fingerprint density at radius 1 is 0.917 bits per heavy atom. The number of aryl methyl sites for hydroxylation is 1. The molecule has 7 heteroatoms. The predicted molar refractivity (Wildman–Crippen MR) is 98.3 cm³/mol. The summed E-state index contributed by atoms with van der Waals surface area (Å²) >= 11 is 1.46. The number of carbonyl (C=O) groups is 2. The molecular weight excluding hydrogens is 328 g/mol. The smallest absolute Gasteiger partial charge is 0.414 e. The van der Waals surface area contributed by atoms with Crippen molar-refractivity contribution in [2.24, 2.45) is 0 Å². The van der Waals surface area contributed by atoms with Gasteiger partial charge >= 0.3 is 12.2 Å². The molecule has 0 fully saturated rings. The van der Waals surface area contributed by atoms with Crippen LogP contribution in [0.15, 0.2) is 5.38 Å². The van der Waals surface area contributed by atoms with Crippen LogP contribution in [-0.4, -0.2) is 37.5 Å². The third-order valence-electron chi connectivity index (χ3n) is 2.95. The van der Waals surface area contributed by atoms with E-state index in [2.05, 4.69) is 0 Å². The molecule has 2 amide bonds. The van der Waals surface area contributed by atoms with Gasteiger partial charge in [-0.05, 0) is 48.5 Å². The molecule has 0 saturated heterocycles. The van der Waals surface area contributed by atoms with Gasteiger partial charge in [0.05, 0.1) is 11.4 Å². The standard InChI is InChI=1S/C17H28N2O4S/c1-11-13(19(9)15(21)23-17(5,6)7)12(10-24-11)18(8)14(20)22-16(2,3)4/h10H,1-9H3. The fourth-order valence-corrected chi connectivity index (χ4v) is 2.84. The van der Waals surface area contributed by atoms with Gasteiger partial charge in [0.15, 0.2) is 0 Å². The van der Waals surface area contributed by atoms with Crippen LogP contribution >= 0.6 is 11.3 Å². The van der Waals surface area contributed by atoms with Crippen molar-refractivity contribution >= 4 is 34.9 Å². The molecule has 1 aromatic heterocycles. The topological polar surface area (TPSA) is 59.1 Å². The van der Waals surface area contributed by atoms with Crippen molar-refractivity contribution in [1.82, 2.24) is 0 Å². The molecule has 0 spiro atoms. The second-order valence-electron chi connectivity index (χ2n) is 7.60. The minimum absolute atomic E-state index is 0.470. The van der Waals surface area contributed by atoms with Crippen molar-refractivity contribution in [3.05, 3.63) is 10.3 Å². The van der Waals surface area contributed by atoms with Crippen LogP contribution in [0.1, 0.15) is 46.4 Å². The van der Waals surface area contributed by atoms with Gasteiger partial charge in [-0.3, -0.25) is 9.80 Å². The lowest BCUT2D eigenvalue weighted by Crippen LogP contribution is -2.37. The van der Waals surface area contributed by atoms with Gasteiger partial charge in [-0.1, -0.05) is 0 Å². The normalized spacial score (nSPS) is 11.9. The Hall–Kier alpha value is -1.76. The summed E-state index contributed by atoms with van der Waals surface area (Å²) in [5, 5.41) is 1.83. The predicted octanol–water partition coefficient (Wildman–Crippen LogP) is 4.80. The molecule has 0 saturated carbocycles. The molecule has 1 heterocycles. The fraction of sp³-hybridized carbons (Fsp3) is 0.647. The first-order valence-corrected chi connectivity index (χ1v) is 8.62. The van der Waals surface area contributed by atoms with E-state index in [0.717, 1.165) is 4.88 Å². The highest BCUT2D eigenvalue weighted by atomic mass is 32.1. The Balaban J connectivity index is 3.09. The number of hydrogen-bond donors (Lipinski definition) is 0. The third-order valence-corrected chi connectivity index (χ3v) is 3.84. The highest BCUT2D eigenvalue weighted by Gasteiger charge is 2.28. The van der Waals surface area contributed by atoms with E-state index < -0.39 is 23.4 Å².